The smallest absolute Gasteiger partial charge is 0.241 e. The molecule has 1 atom stereocenters. The summed E-state index contributed by atoms with van der Waals surface area (Å²) < 4.78 is 27.1. The van der Waals surface area contributed by atoms with Crippen molar-refractivity contribution >= 4 is 48.8 Å². The molecular formula is C10H13BrN2O2S2. The van der Waals surface area contributed by atoms with E-state index in [-0.39, 0.29) is 4.99 Å². The highest BCUT2D eigenvalue weighted by Gasteiger charge is 2.23. The first-order valence-electron chi connectivity index (χ1n) is 4.81. The minimum absolute atomic E-state index is 0.0508. The molecule has 0 aromatic heterocycles. The summed E-state index contributed by atoms with van der Waals surface area (Å²) in [6.07, 6.45) is 0. The van der Waals surface area contributed by atoms with E-state index >= 15 is 0 Å². The summed E-state index contributed by atoms with van der Waals surface area (Å²) in [5.74, 6) is 0. The van der Waals surface area contributed by atoms with E-state index < -0.39 is 15.3 Å². The number of nitrogens with one attached hydrogen (secondary N) is 1. The van der Waals surface area contributed by atoms with Crippen molar-refractivity contribution < 1.29 is 8.42 Å². The number of hydrogen-bond donors (Lipinski definition) is 2. The zero-order valence-corrected chi connectivity index (χ0v) is 12.6. The molecule has 7 heteroatoms. The SMILES string of the molecule is Cc1ccc(Br)cc1NS(=O)(=O)C(C)C(N)=S. The normalized spacial score (nSPS) is 13.1. The summed E-state index contributed by atoms with van der Waals surface area (Å²) in [5.41, 5.74) is 6.69. The lowest BCUT2D eigenvalue weighted by molar-refractivity contribution is 0.598. The molecule has 0 heterocycles. The Hall–Kier alpha value is -0.660. The van der Waals surface area contributed by atoms with E-state index in [1.807, 2.05) is 19.1 Å². The van der Waals surface area contributed by atoms with Crippen molar-refractivity contribution in [3.8, 4) is 0 Å². The first-order valence-corrected chi connectivity index (χ1v) is 7.56. The molecule has 0 amide bonds. The molecule has 0 spiro atoms. The number of nitrogens with two attached hydrogens (primary N) is 1. The van der Waals surface area contributed by atoms with Crippen LogP contribution in [0.4, 0.5) is 5.69 Å². The van der Waals surface area contributed by atoms with Crippen LogP contribution in [-0.2, 0) is 10.0 Å². The van der Waals surface area contributed by atoms with Crippen molar-refractivity contribution in [1.29, 1.82) is 0 Å². The minimum atomic E-state index is -3.59. The molecule has 1 unspecified atom stereocenters. The quantitative estimate of drug-likeness (QED) is 0.826. The van der Waals surface area contributed by atoms with Crippen LogP contribution in [0.1, 0.15) is 12.5 Å². The summed E-state index contributed by atoms with van der Waals surface area (Å²) in [6, 6.07) is 5.34. The monoisotopic (exact) mass is 336 g/mol. The van der Waals surface area contributed by atoms with Gasteiger partial charge in [-0.15, -0.1) is 0 Å². The highest BCUT2D eigenvalue weighted by molar-refractivity contribution is 9.10. The number of anilines is 1. The van der Waals surface area contributed by atoms with Crippen LogP contribution in [0.25, 0.3) is 0 Å². The van der Waals surface area contributed by atoms with E-state index in [1.165, 1.54) is 6.92 Å². The second kappa shape index (κ2) is 5.32. The van der Waals surface area contributed by atoms with Gasteiger partial charge in [-0.1, -0.05) is 34.2 Å². The Labute approximate surface area is 115 Å². The van der Waals surface area contributed by atoms with Gasteiger partial charge in [-0.25, -0.2) is 8.42 Å². The molecule has 1 rings (SSSR count). The van der Waals surface area contributed by atoms with Crippen molar-refractivity contribution in [2.45, 2.75) is 19.1 Å². The van der Waals surface area contributed by atoms with Gasteiger partial charge in [0.25, 0.3) is 0 Å². The van der Waals surface area contributed by atoms with Crippen LogP contribution in [-0.4, -0.2) is 18.7 Å². The Kier molecular flexibility index (Phi) is 4.51. The summed E-state index contributed by atoms with van der Waals surface area (Å²) in [4.78, 5) is -0.0508. The van der Waals surface area contributed by atoms with Crippen LogP contribution >= 0.6 is 28.1 Å². The lowest BCUT2D eigenvalue weighted by Gasteiger charge is -2.15. The van der Waals surface area contributed by atoms with Gasteiger partial charge in [0.2, 0.25) is 10.0 Å². The zero-order chi connectivity index (χ0) is 13.2. The molecule has 0 aliphatic rings. The Morgan fingerprint density at radius 1 is 1.53 bits per heavy atom. The Morgan fingerprint density at radius 2 is 2.12 bits per heavy atom. The molecular weight excluding hydrogens is 324 g/mol. The molecule has 94 valence electrons. The summed E-state index contributed by atoms with van der Waals surface area (Å²) in [7, 11) is -3.59. The van der Waals surface area contributed by atoms with Gasteiger partial charge in [-0.2, -0.15) is 0 Å². The van der Waals surface area contributed by atoms with Crippen molar-refractivity contribution in [2.75, 3.05) is 4.72 Å². The number of hydrogen-bond acceptors (Lipinski definition) is 3. The van der Waals surface area contributed by atoms with Gasteiger partial charge in [0.1, 0.15) is 5.25 Å². The number of rotatable bonds is 4. The lowest BCUT2D eigenvalue weighted by atomic mass is 10.2. The summed E-state index contributed by atoms with van der Waals surface area (Å²) in [6.45, 7) is 3.27. The van der Waals surface area contributed by atoms with Gasteiger partial charge in [0, 0.05) is 4.47 Å². The van der Waals surface area contributed by atoms with Crippen molar-refractivity contribution in [3.63, 3.8) is 0 Å². The molecule has 3 N–H and O–H groups in total. The molecule has 0 saturated heterocycles. The van der Waals surface area contributed by atoms with Crippen LogP contribution in [0, 0.1) is 6.92 Å². The number of halogens is 1. The van der Waals surface area contributed by atoms with Crippen molar-refractivity contribution in [2.24, 2.45) is 5.73 Å². The van der Waals surface area contributed by atoms with Crippen LogP contribution < -0.4 is 10.5 Å². The van der Waals surface area contributed by atoms with E-state index in [9.17, 15) is 8.42 Å². The molecule has 0 bridgehead atoms. The average Bonchev–Trinajstić information content (AvgIpc) is 2.21. The molecule has 0 radical (unpaired) electrons. The number of aryl methyl sites for hydroxylation is 1. The lowest BCUT2D eigenvalue weighted by Crippen LogP contribution is -2.35. The zero-order valence-electron chi connectivity index (χ0n) is 9.40. The maximum absolute atomic E-state index is 11.9. The topological polar surface area (TPSA) is 72.2 Å². The fourth-order valence-electron chi connectivity index (χ4n) is 1.10. The highest BCUT2D eigenvalue weighted by Crippen LogP contribution is 2.22. The molecule has 4 nitrogen and oxygen atoms in total. The van der Waals surface area contributed by atoms with Gasteiger partial charge in [-0.3, -0.25) is 4.72 Å². The Morgan fingerprint density at radius 3 is 2.65 bits per heavy atom. The number of thiocarbonyl (C=S) groups is 1. The molecule has 0 aliphatic heterocycles. The molecule has 0 aliphatic carbocycles. The third-order valence-electron chi connectivity index (χ3n) is 2.32. The van der Waals surface area contributed by atoms with Crippen LogP contribution in [0.2, 0.25) is 0 Å². The first-order chi connectivity index (χ1) is 7.74. The molecule has 0 saturated carbocycles. The molecule has 0 fully saturated rings. The van der Waals surface area contributed by atoms with E-state index in [4.69, 9.17) is 18.0 Å². The van der Waals surface area contributed by atoms with E-state index in [1.54, 1.807) is 6.07 Å². The third kappa shape index (κ3) is 3.65. The van der Waals surface area contributed by atoms with Crippen molar-refractivity contribution in [1.82, 2.24) is 0 Å². The van der Waals surface area contributed by atoms with Gasteiger partial charge in [0.05, 0.1) is 10.7 Å². The maximum Gasteiger partial charge on any atom is 0.241 e. The largest absolute Gasteiger partial charge is 0.392 e. The van der Waals surface area contributed by atoms with Crippen LogP contribution in [0.5, 0.6) is 0 Å². The molecule has 17 heavy (non-hydrogen) atoms. The predicted molar refractivity (Wildman–Crippen MR) is 77.7 cm³/mol. The first kappa shape index (κ1) is 14.4. The van der Waals surface area contributed by atoms with E-state index in [2.05, 4.69) is 20.7 Å². The molecule has 1 aromatic carbocycles. The fourth-order valence-corrected chi connectivity index (χ4v) is 2.85. The standard InChI is InChI=1S/C10H13BrN2O2S2/c1-6-3-4-8(11)5-9(6)13-17(14,15)7(2)10(12)16/h3-5,7,13H,1-2H3,(H2,12,16). The second-order valence-corrected chi connectivity index (χ2v) is 7.04. The van der Waals surface area contributed by atoms with Gasteiger partial charge in [0.15, 0.2) is 0 Å². The van der Waals surface area contributed by atoms with Gasteiger partial charge in [-0.05, 0) is 31.5 Å². The number of sulfonamides is 1. The van der Waals surface area contributed by atoms with E-state index in [0.29, 0.717) is 5.69 Å². The minimum Gasteiger partial charge on any atom is -0.392 e. The Bertz CT molecular complexity index is 543. The summed E-state index contributed by atoms with van der Waals surface area (Å²) >= 11 is 7.98. The van der Waals surface area contributed by atoms with Crippen LogP contribution in [0.15, 0.2) is 22.7 Å². The Balaban J connectivity index is 3.06. The fraction of sp³-hybridized carbons (Fsp3) is 0.300. The van der Waals surface area contributed by atoms with Crippen molar-refractivity contribution in [3.05, 3.63) is 28.2 Å². The third-order valence-corrected chi connectivity index (χ3v) is 5.00. The average molecular weight is 337 g/mol. The van der Waals surface area contributed by atoms with Gasteiger partial charge >= 0.3 is 0 Å². The number of benzene rings is 1. The van der Waals surface area contributed by atoms with Gasteiger partial charge < -0.3 is 5.73 Å². The highest BCUT2D eigenvalue weighted by atomic mass is 79.9. The summed E-state index contributed by atoms with van der Waals surface area (Å²) in [5, 5.41) is -0.907. The molecule has 1 aromatic rings. The second-order valence-electron chi connectivity index (χ2n) is 3.65. The maximum atomic E-state index is 11.9. The van der Waals surface area contributed by atoms with Crippen LogP contribution in [0.3, 0.4) is 0 Å². The predicted octanol–water partition coefficient (Wildman–Crippen LogP) is 2.17. The van der Waals surface area contributed by atoms with E-state index in [0.717, 1.165) is 10.0 Å².